The van der Waals surface area contributed by atoms with Crippen LogP contribution in [0, 0.1) is 17.3 Å². The Morgan fingerprint density at radius 2 is 1.46 bits per heavy atom. The highest BCUT2D eigenvalue weighted by Crippen LogP contribution is 2.41. The first-order valence-electron chi connectivity index (χ1n) is 21.0. The maximum atomic E-state index is 15.0. The molecule has 4 N–H and O–H groups in total. The molecule has 4 fully saturated rings. The molecule has 1 saturated heterocycles. The van der Waals surface area contributed by atoms with E-state index < -0.39 is 62.7 Å². The molecule has 14 heteroatoms. The van der Waals surface area contributed by atoms with E-state index in [1.165, 1.54) is 4.31 Å². The molecule has 0 aromatic carbocycles. The first kappa shape index (κ1) is 44.0. The number of sulfonamides is 1. The van der Waals surface area contributed by atoms with E-state index in [0.717, 1.165) is 57.8 Å². The number of unbranched alkanes of at least 4 members (excludes halogenated alkanes) is 1. The molecule has 1 heterocycles. The van der Waals surface area contributed by atoms with Gasteiger partial charge in [0.05, 0.1) is 17.3 Å². The van der Waals surface area contributed by atoms with Crippen LogP contribution < -0.4 is 21.3 Å². The summed E-state index contributed by atoms with van der Waals surface area (Å²) in [5.41, 5.74) is -1.57. The van der Waals surface area contributed by atoms with Crippen LogP contribution in [0.5, 0.6) is 0 Å². The topological polar surface area (TPSA) is 174 Å². The molecular formula is C40H70N6O7S. The lowest BCUT2D eigenvalue weighted by Crippen LogP contribution is -2.65. The quantitative estimate of drug-likeness (QED) is 0.145. The molecule has 5 amide bonds. The van der Waals surface area contributed by atoms with Crippen molar-refractivity contribution in [3.05, 3.63) is 0 Å². The molecule has 3 aliphatic carbocycles. The van der Waals surface area contributed by atoms with Crippen LogP contribution in [0.3, 0.4) is 0 Å². The molecule has 308 valence electrons. The van der Waals surface area contributed by atoms with Gasteiger partial charge in [0.2, 0.25) is 27.6 Å². The van der Waals surface area contributed by atoms with Crippen molar-refractivity contribution in [1.82, 2.24) is 30.5 Å². The lowest BCUT2D eigenvalue weighted by molar-refractivity contribution is -0.145. The van der Waals surface area contributed by atoms with E-state index in [4.69, 9.17) is 0 Å². The van der Waals surface area contributed by atoms with Crippen molar-refractivity contribution in [3.8, 4) is 0 Å². The second kappa shape index (κ2) is 18.9. The average Bonchev–Trinajstić information content (AvgIpc) is 3.80. The van der Waals surface area contributed by atoms with Crippen molar-refractivity contribution >= 4 is 39.6 Å². The highest BCUT2D eigenvalue weighted by atomic mass is 32.2. The molecule has 0 aromatic heterocycles. The number of likely N-dealkylation sites (tertiary alicyclic amines) is 1. The summed E-state index contributed by atoms with van der Waals surface area (Å²) < 4.78 is 28.9. The maximum Gasteiger partial charge on any atom is 0.315 e. The zero-order valence-corrected chi connectivity index (χ0v) is 35.0. The minimum atomic E-state index is -3.71. The van der Waals surface area contributed by atoms with Crippen LogP contribution in [0.1, 0.15) is 151 Å². The Kier molecular flexibility index (Phi) is 15.4. The summed E-state index contributed by atoms with van der Waals surface area (Å²) in [6, 6.07) is -3.63. The van der Waals surface area contributed by atoms with Crippen LogP contribution in [0.15, 0.2) is 0 Å². The molecule has 4 atom stereocenters. The lowest BCUT2D eigenvalue weighted by Gasteiger charge is -2.44. The molecule has 0 spiro atoms. The van der Waals surface area contributed by atoms with Gasteiger partial charge in [0, 0.05) is 25.2 Å². The monoisotopic (exact) mass is 779 g/mol. The van der Waals surface area contributed by atoms with Crippen LogP contribution in [0.2, 0.25) is 0 Å². The zero-order chi connectivity index (χ0) is 39.8. The maximum absolute atomic E-state index is 15.0. The van der Waals surface area contributed by atoms with Crippen LogP contribution in [-0.2, 0) is 29.2 Å². The number of Topliss-reactive ketones (excluding diaryl/α,β-unsaturated/α-hetero) is 1. The Morgan fingerprint density at radius 3 is 2.00 bits per heavy atom. The fourth-order valence-corrected chi connectivity index (χ4v) is 11.5. The molecule has 4 rings (SSSR count). The SMILES string of the molecule is CCCC[C@H](NC(=O)[C@@H]1[C@@H](C(C)C)CCN1C(=O)[C@@H](NC(=O)NC1(CS(=O)(=O)N(CC)C(C)C)CCCCC1)C1(C)CCCCC1)C(=O)C(=O)NC1CC1. The molecule has 13 nitrogen and oxygen atoms in total. The minimum absolute atomic E-state index is 0.00324. The normalized spacial score (nSPS) is 23.9. The van der Waals surface area contributed by atoms with E-state index in [1.807, 2.05) is 48.5 Å². The molecule has 54 heavy (non-hydrogen) atoms. The number of ketones is 1. The van der Waals surface area contributed by atoms with Gasteiger partial charge >= 0.3 is 6.03 Å². The van der Waals surface area contributed by atoms with Crippen molar-refractivity contribution in [1.29, 1.82) is 0 Å². The van der Waals surface area contributed by atoms with E-state index in [2.05, 4.69) is 21.3 Å². The third-order valence-electron chi connectivity index (χ3n) is 12.6. The molecule has 1 aliphatic heterocycles. The van der Waals surface area contributed by atoms with E-state index in [0.29, 0.717) is 58.0 Å². The third-order valence-corrected chi connectivity index (χ3v) is 14.9. The number of urea groups is 1. The van der Waals surface area contributed by atoms with Gasteiger partial charge in [-0.2, -0.15) is 4.31 Å². The second-order valence-electron chi connectivity index (χ2n) is 17.6. The second-order valence-corrected chi connectivity index (χ2v) is 19.6. The number of carbonyl (C=O) groups excluding carboxylic acids is 5. The average molecular weight is 779 g/mol. The first-order valence-corrected chi connectivity index (χ1v) is 22.6. The predicted molar refractivity (Wildman–Crippen MR) is 210 cm³/mol. The van der Waals surface area contributed by atoms with Crippen LogP contribution in [0.4, 0.5) is 4.79 Å². The number of rotatable bonds is 18. The highest BCUT2D eigenvalue weighted by Gasteiger charge is 2.50. The smallest absolute Gasteiger partial charge is 0.315 e. The van der Waals surface area contributed by atoms with Gasteiger partial charge in [-0.05, 0) is 82.5 Å². The molecule has 3 saturated carbocycles. The van der Waals surface area contributed by atoms with Crippen LogP contribution >= 0.6 is 0 Å². The molecule has 0 unspecified atom stereocenters. The Balaban J connectivity index is 1.61. The number of amides is 5. The van der Waals surface area contributed by atoms with Gasteiger partial charge in [-0.1, -0.05) is 86.0 Å². The first-order chi connectivity index (χ1) is 25.5. The minimum Gasteiger partial charge on any atom is -0.347 e. The number of nitrogens with one attached hydrogen (secondary N) is 4. The van der Waals surface area contributed by atoms with Crippen LogP contribution in [0.25, 0.3) is 0 Å². The van der Waals surface area contributed by atoms with E-state index >= 15 is 0 Å². The van der Waals surface area contributed by atoms with Gasteiger partial charge in [0.1, 0.15) is 12.1 Å². The summed E-state index contributed by atoms with van der Waals surface area (Å²) >= 11 is 0. The van der Waals surface area contributed by atoms with E-state index in [-0.39, 0.29) is 35.6 Å². The summed E-state index contributed by atoms with van der Waals surface area (Å²) in [4.78, 5) is 71.2. The van der Waals surface area contributed by atoms with Crippen molar-refractivity contribution in [2.45, 2.75) is 187 Å². The van der Waals surface area contributed by atoms with Gasteiger partial charge in [0.25, 0.3) is 5.91 Å². The van der Waals surface area contributed by atoms with Crippen LogP contribution in [-0.4, -0.2) is 102 Å². The highest BCUT2D eigenvalue weighted by molar-refractivity contribution is 7.89. The van der Waals surface area contributed by atoms with Gasteiger partial charge in [-0.3, -0.25) is 19.2 Å². The summed E-state index contributed by atoms with van der Waals surface area (Å²) in [5, 5.41) is 11.8. The predicted octanol–water partition coefficient (Wildman–Crippen LogP) is 4.78. The molecule has 0 radical (unpaired) electrons. The number of nitrogens with zero attached hydrogens (tertiary/aromatic N) is 2. The number of hydrogen-bond acceptors (Lipinski definition) is 7. The van der Waals surface area contributed by atoms with Crippen molar-refractivity contribution in [2.24, 2.45) is 17.3 Å². The Morgan fingerprint density at radius 1 is 0.852 bits per heavy atom. The number of hydrogen-bond donors (Lipinski definition) is 4. The van der Waals surface area contributed by atoms with Crippen molar-refractivity contribution in [2.75, 3.05) is 18.8 Å². The fraction of sp³-hybridized carbons (Fsp3) is 0.875. The van der Waals surface area contributed by atoms with Crippen molar-refractivity contribution < 1.29 is 32.4 Å². The van der Waals surface area contributed by atoms with E-state index in [1.54, 1.807) is 4.90 Å². The van der Waals surface area contributed by atoms with Gasteiger partial charge < -0.3 is 26.2 Å². The standard InChI is InChI=1S/C40H70N6O7S/c1-8-10-17-31(33(47)36(49)41-29-18-19-29)42-35(48)32-30(27(3)4)20-25-45(32)37(50)34(39(7)21-13-11-14-22-39)43-38(51)44-40(23-15-12-16-24-40)26-54(52,53)46(9-2)28(5)6/h27-32,34H,8-26H2,1-7H3,(H,41,49)(H,42,48)(H2,43,44,51)/t30-,31+,32+,34-/m1/s1. The largest absolute Gasteiger partial charge is 0.347 e. The van der Waals surface area contributed by atoms with Gasteiger partial charge in [0.15, 0.2) is 0 Å². The Labute approximate surface area is 324 Å². The summed E-state index contributed by atoms with van der Waals surface area (Å²) in [6.07, 6.45) is 11.8. The summed E-state index contributed by atoms with van der Waals surface area (Å²) in [6.45, 7) is 14.2. The fourth-order valence-electron chi connectivity index (χ4n) is 9.28. The van der Waals surface area contributed by atoms with Crippen molar-refractivity contribution in [3.63, 3.8) is 0 Å². The molecule has 4 aliphatic rings. The Bertz CT molecular complexity index is 1440. The third kappa shape index (κ3) is 11.0. The molecule has 0 bridgehead atoms. The number of carbonyl (C=O) groups is 5. The Hall–Kier alpha value is -2.74. The van der Waals surface area contributed by atoms with Gasteiger partial charge in [-0.25, -0.2) is 13.2 Å². The lowest BCUT2D eigenvalue weighted by atomic mass is 9.70. The van der Waals surface area contributed by atoms with Gasteiger partial charge in [-0.15, -0.1) is 0 Å². The zero-order valence-electron chi connectivity index (χ0n) is 34.1. The molecular weight excluding hydrogens is 709 g/mol. The summed E-state index contributed by atoms with van der Waals surface area (Å²) in [7, 11) is -3.71. The summed E-state index contributed by atoms with van der Waals surface area (Å²) in [5.74, 6) is -2.51. The van der Waals surface area contributed by atoms with E-state index in [9.17, 15) is 32.4 Å². The molecule has 0 aromatic rings.